The average Bonchev–Trinajstić information content (AvgIpc) is 2.56. The molecule has 0 heterocycles. The van der Waals surface area contributed by atoms with Crippen molar-refractivity contribution in [2.45, 2.75) is 33.2 Å². The van der Waals surface area contributed by atoms with E-state index in [2.05, 4.69) is 23.3 Å². The molecule has 0 saturated heterocycles. The number of carbonyl (C=O) groups excluding carboxylic acids is 1. The van der Waals surface area contributed by atoms with E-state index >= 15 is 0 Å². The molecule has 2 N–H and O–H groups in total. The first-order valence-electron chi connectivity index (χ1n) is 8.40. The van der Waals surface area contributed by atoms with Crippen molar-refractivity contribution in [2.24, 2.45) is 0 Å². The maximum atomic E-state index is 12.4. The molecule has 2 amide bonds. The van der Waals surface area contributed by atoms with Crippen molar-refractivity contribution in [3.63, 3.8) is 0 Å². The van der Waals surface area contributed by atoms with E-state index in [9.17, 15) is 4.79 Å². The Morgan fingerprint density at radius 2 is 1.84 bits per heavy atom. The number of ether oxygens (including phenoxy) is 1. The van der Waals surface area contributed by atoms with Crippen molar-refractivity contribution in [1.82, 2.24) is 5.32 Å². The third kappa shape index (κ3) is 5.11. The first kappa shape index (κ1) is 18.6. The fourth-order valence-electron chi connectivity index (χ4n) is 2.49. The van der Waals surface area contributed by atoms with Crippen LogP contribution in [0.5, 0.6) is 5.75 Å². The zero-order chi connectivity index (χ0) is 18.4. The summed E-state index contributed by atoms with van der Waals surface area (Å²) in [5.74, 6) is 0.783. The number of anilines is 1. The summed E-state index contributed by atoms with van der Waals surface area (Å²) in [6, 6.07) is 15.1. The van der Waals surface area contributed by atoms with Crippen LogP contribution >= 0.6 is 0 Å². The van der Waals surface area contributed by atoms with Gasteiger partial charge in [0.2, 0.25) is 0 Å². The molecular formula is C21H26N2O2. The van der Waals surface area contributed by atoms with Crippen LogP contribution in [0.3, 0.4) is 0 Å². The molecule has 0 aliphatic rings. The highest BCUT2D eigenvalue weighted by molar-refractivity contribution is 5.89. The number of hydrogen-bond acceptors (Lipinski definition) is 2. The fourth-order valence-corrected chi connectivity index (χ4v) is 2.49. The number of urea groups is 1. The summed E-state index contributed by atoms with van der Waals surface area (Å²) in [5, 5.41) is 5.87. The Hall–Kier alpha value is -2.75. The molecule has 2 aromatic carbocycles. The van der Waals surface area contributed by atoms with Crippen LogP contribution in [-0.4, -0.2) is 12.6 Å². The predicted octanol–water partition coefficient (Wildman–Crippen LogP) is 5.18. The molecule has 0 saturated carbocycles. The second-order valence-corrected chi connectivity index (χ2v) is 6.52. The zero-order valence-electron chi connectivity index (χ0n) is 15.3. The van der Waals surface area contributed by atoms with Gasteiger partial charge in [0.1, 0.15) is 5.75 Å². The lowest BCUT2D eigenvalue weighted by Gasteiger charge is -2.27. The lowest BCUT2D eigenvalue weighted by Crippen LogP contribution is -2.43. The standard InChI is InChI=1S/C21H26N2O2/c1-6-25-19-12-10-18(11-13-19)22-20(24)23-21(4,5)17-9-7-8-16(14-17)15(2)3/h7-14H,2,6H2,1,3-5H3,(H2,22,23,24). The highest BCUT2D eigenvalue weighted by atomic mass is 16.5. The number of allylic oxidation sites excluding steroid dienone is 1. The number of rotatable bonds is 6. The summed E-state index contributed by atoms with van der Waals surface area (Å²) < 4.78 is 5.40. The molecule has 0 aromatic heterocycles. The smallest absolute Gasteiger partial charge is 0.319 e. The van der Waals surface area contributed by atoms with Crippen molar-refractivity contribution in [1.29, 1.82) is 0 Å². The van der Waals surface area contributed by atoms with Gasteiger partial charge in [-0.3, -0.25) is 0 Å². The largest absolute Gasteiger partial charge is 0.494 e. The topological polar surface area (TPSA) is 50.4 Å². The second kappa shape index (κ2) is 7.88. The van der Waals surface area contributed by atoms with Crippen LogP contribution in [0.4, 0.5) is 10.5 Å². The molecule has 0 fully saturated rings. The van der Waals surface area contributed by atoms with E-state index in [1.165, 1.54) is 0 Å². The van der Waals surface area contributed by atoms with Crippen molar-refractivity contribution in [2.75, 3.05) is 11.9 Å². The molecular weight excluding hydrogens is 312 g/mol. The Bertz CT molecular complexity index is 749. The minimum absolute atomic E-state index is 0.255. The molecule has 0 radical (unpaired) electrons. The monoisotopic (exact) mass is 338 g/mol. The van der Waals surface area contributed by atoms with Gasteiger partial charge in [0, 0.05) is 5.69 Å². The Labute approximate surface area is 149 Å². The summed E-state index contributed by atoms with van der Waals surface area (Å²) in [7, 11) is 0. The highest BCUT2D eigenvalue weighted by Gasteiger charge is 2.23. The van der Waals surface area contributed by atoms with Gasteiger partial charge in [-0.15, -0.1) is 0 Å². The van der Waals surface area contributed by atoms with Gasteiger partial charge < -0.3 is 15.4 Å². The maximum absolute atomic E-state index is 12.4. The molecule has 4 heteroatoms. The van der Waals surface area contributed by atoms with Gasteiger partial charge in [-0.2, -0.15) is 0 Å². The van der Waals surface area contributed by atoms with Gasteiger partial charge in [0.25, 0.3) is 0 Å². The second-order valence-electron chi connectivity index (χ2n) is 6.52. The normalized spacial score (nSPS) is 10.9. The number of amides is 2. The fraction of sp³-hybridized carbons (Fsp3) is 0.286. The van der Waals surface area contributed by atoms with Gasteiger partial charge >= 0.3 is 6.03 Å². The van der Waals surface area contributed by atoms with Crippen LogP contribution in [0.25, 0.3) is 5.57 Å². The molecule has 0 aliphatic heterocycles. The minimum Gasteiger partial charge on any atom is -0.494 e. The van der Waals surface area contributed by atoms with Gasteiger partial charge in [-0.25, -0.2) is 4.79 Å². The Kier molecular flexibility index (Phi) is 5.86. The predicted molar refractivity (Wildman–Crippen MR) is 104 cm³/mol. The van der Waals surface area contributed by atoms with Crippen LogP contribution in [0.1, 0.15) is 38.8 Å². The minimum atomic E-state index is -0.513. The lowest BCUT2D eigenvalue weighted by molar-refractivity contribution is 0.242. The van der Waals surface area contributed by atoms with E-state index in [1.807, 2.05) is 70.2 Å². The van der Waals surface area contributed by atoms with E-state index in [-0.39, 0.29) is 6.03 Å². The number of nitrogens with one attached hydrogen (secondary N) is 2. The molecule has 132 valence electrons. The average molecular weight is 338 g/mol. The van der Waals surface area contributed by atoms with E-state index in [1.54, 1.807) is 0 Å². The quantitative estimate of drug-likeness (QED) is 0.763. The van der Waals surface area contributed by atoms with Crippen LogP contribution in [0.15, 0.2) is 55.1 Å². The van der Waals surface area contributed by atoms with Crippen molar-refractivity contribution in [3.8, 4) is 5.75 Å². The summed E-state index contributed by atoms with van der Waals surface area (Å²) in [6.45, 7) is 12.4. The van der Waals surface area contributed by atoms with Crippen molar-refractivity contribution >= 4 is 17.3 Å². The summed E-state index contributed by atoms with van der Waals surface area (Å²) in [5.41, 5.74) is 3.29. The molecule has 0 bridgehead atoms. The first-order valence-corrected chi connectivity index (χ1v) is 8.40. The summed E-state index contributed by atoms with van der Waals surface area (Å²) >= 11 is 0. The molecule has 0 unspecified atom stereocenters. The molecule has 2 aromatic rings. The summed E-state index contributed by atoms with van der Waals surface area (Å²) in [4.78, 5) is 12.4. The van der Waals surface area contributed by atoms with Crippen LogP contribution in [0, 0.1) is 0 Å². The Balaban J connectivity index is 2.05. The zero-order valence-corrected chi connectivity index (χ0v) is 15.3. The molecule has 0 spiro atoms. The molecule has 0 atom stereocenters. The number of hydrogen-bond donors (Lipinski definition) is 2. The van der Waals surface area contributed by atoms with E-state index in [4.69, 9.17) is 4.74 Å². The molecule has 2 rings (SSSR count). The number of benzene rings is 2. The third-order valence-electron chi connectivity index (χ3n) is 3.93. The van der Waals surface area contributed by atoms with Crippen LogP contribution in [-0.2, 0) is 5.54 Å². The van der Waals surface area contributed by atoms with Gasteiger partial charge in [-0.05, 0) is 69.2 Å². The molecule has 0 aliphatic carbocycles. The van der Waals surface area contributed by atoms with Gasteiger partial charge in [0.15, 0.2) is 0 Å². The number of carbonyl (C=O) groups is 1. The van der Waals surface area contributed by atoms with Gasteiger partial charge in [0.05, 0.1) is 12.1 Å². The highest BCUT2D eigenvalue weighted by Crippen LogP contribution is 2.24. The molecule has 25 heavy (non-hydrogen) atoms. The van der Waals surface area contributed by atoms with E-state index in [0.29, 0.717) is 12.3 Å². The van der Waals surface area contributed by atoms with E-state index in [0.717, 1.165) is 22.4 Å². The van der Waals surface area contributed by atoms with Crippen molar-refractivity contribution < 1.29 is 9.53 Å². The molecule has 4 nitrogen and oxygen atoms in total. The SMILES string of the molecule is C=C(C)c1cccc(C(C)(C)NC(=O)Nc2ccc(OCC)cc2)c1. The Morgan fingerprint density at radius 3 is 2.44 bits per heavy atom. The van der Waals surface area contributed by atoms with Crippen LogP contribution in [0.2, 0.25) is 0 Å². The lowest BCUT2D eigenvalue weighted by atomic mass is 9.92. The van der Waals surface area contributed by atoms with Crippen LogP contribution < -0.4 is 15.4 Å². The maximum Gasteiger partial charge on any atom is 0.319 e. The Morgan fingerprint density at radius 1 is 1.16 bits per heavy atom. The first-order chi connectivity index (χ1) is 11.8. The van der Waals surface area contributed by atoms with Gasteiger partial charge in [-0.1, -0.05) is 30.4 Å². The summed E-state index contributed by atoms with van der Waals surface area (Å²) in [6.07, 6.45) is 0. The third-order valence-corrected chi connectivity index (χ3v) is 3.93. The van der Waals surface area contributed by atoms with E-state index < -0.39 is 5.54 Å². The van der Waals surface area contributed by atoms with Crippen molar-refractivity contribution in [3.05, 3.63) is 66.2 Å².